The summed E-state index contributed by atoms with van der Waals surface area (Å²) in [4.78, 5) is 14.0. The molecular weight excluding hydrogens is 516 g/mol. The third kappa shape index (κ3) is 4.97. The quantitative estimate of drug-likeness (QED) is 0.258. The van der Waals surface area contributed by atoms with Gasteiger partial charge < -0.3 is 15.4 Å². The van der Waals surface area contributed by atoms with Crippen LogP contribution in [0.5, 0.6) is 0 Å². The van der Waals surface area contributed by atoms with E-state index in [1.165, 1.54) is 6.08 Å². The molecule has 1 aliphatic rings. The minimum absolute atomic E-state index is 0.0393. The molecule has 0 aliphatic carbocycles. The predicted molar refractivity (Wildman–Crippen MR) is 154 cm³/mol. The average Bonchev–Trinajstić information content (AvgIpc) is 3.62. The standard InChI is InChI=1S/C28H33ClN8O2/c1-5-24(38)35-10-8-21(9-11-35)37-18(3)26(22(15-29)25-17(2)31-32-28(25)30)27(34-37)19-6-7-23-20(14-19)16-36(33-23)12-13-39-4/h5-7,14,16,21,31H,1-2,8-13,15H2,3-4H3,(H2,30,32)/b25-22-. The normalized spacial score (nSPS) is 15.2. The lowest BCUT2D eigenvalue weighted by molar-refractivity contribution is -0.127. The molecule has 0 unspecified atom stereocenters. The maximum absolute atomic E-state index is 12.1. The zero-order valence-electron chi connectivity index (χ0n) is 22.3. The Hall–Kier alpha value is -3.89. The number of fused-ring (bicyclic) bond motifs is 1. The number of rotatable bonds is 8. The Morgan fingerprint density at radius 1 is 1.31 bits per heavy atom. The number of nitrogen functional groups attached to an aromatic ring is 1. The second-order valence-electron chi connectivity index (χ2n) is 9.75. The van der Waals surface area contributed by atoms with Crippen LogP contribution >= 0.6 is 11.6 Å². The van der Waals surface area contributed by atoms with Crippen LogP contribution in [0.4, 0.5) is 5.82 Å². The van der Waals surface area contributed by atoms with Gasteiger partial charge in [-0.15, -0.1) is 11.6 Å². The van der Waals surface area contributed by atoms with Crippen molar-refractivity contribution in [2.24, 2.45) is 0 Å². The van der Waals surface area contributed by atoms with Gasteiger partial charge in [-0.1, -0.05) is 19.2 Å². The van der Waals surface area contributed by atoms with E-state index in [1.807, 2.05) is 27.9 Å². The molecule has 3 N–H and O–H groups in total. The topological polar surface area (TPSA) is 120 Å². The van der Waals surface area contributed by atoms with Crippen molar-refractivity contribution >= 4 is 46.4 Å². The summed E-state index contributed by atoms with van der Waals surface area (Å²) in [6.07, 6.45) is 4.96. The van der Waals surface area contributed by atoms with Gasteiger partial charge in [0.2, 0.25) is 5.91 Å². The van der Waals surface area contributed by atoms with Crippen molar-refractivity contribution in [3.05, 3.63) is 58.9 Å². The number of H-pyrrole nitrogens is 1. The molecule has 4 heterocycles. The number of nitrogens with one attached hydrogen (secondary N) is 1. The molecule has 204 valence electrons. The second kappa shape index (κ2) is 11.1. The van der Waals surface area contributed by atoms with Gasteiger partial charge in [-0.25, -0.2) is 0 Å². The molecule has 0 atom stereocenters. The first-order valence-electron chi connectivity index (χ1n) is 12.9. The summed E-state index contributed by atoms with van der Waals surface area (Å²) >= 11 is 6.60. The van der Waals surface area contributed by atoms with E-state index in [1.54, 1.807) is 7.11 Å². The van der Waals surface area contributed by atoms with Gasteiger partial charge in [-0.2, -0.15) is 15.3 Å². The van der Waals surface area contributed by atoms with Crippen LogP contribution < -0.4 is 16.3 Å². The number of aromatic amines is 1. The van der Waals surface area contributed by atoms with E-state index in [-0.39, 0.29) is 17.8 Å². The first kappa shape index (κ1) is 26.7. The van der Waals surface area contributed by atoms with E-state index in [9.17, 15) is 4.79 Å². The van der Waals surface area contributed by atoms with Crippen molar-refractivity contribution in [1.29, 1.82) is 0 Å². The molecule has 1 aliphatic heterocycles. The van der Waals surface area contributed by atoms with E-state index in [0.29, 0.717) is 42.6 Å². The number of carbonyl (C=O) groups is 1. The van der Waals surface area contributed by atoms with Crippen molar-refractivity contribution in [3.8, 4) is 11.3 Å². The zero-order valence-corrected chi connectivity index (χ0v) is 23.0. The third-order valence-electron chi connectivity index (χ3n) is 7.40. The molecule has 0 radical (unpaired) electrons. The Morgan fingerprint density at radius 2 is 2.08 bits per heavy atom. The van der Waals surface area contributed by atoms with Crippen molar-refractivity contribution in [2.45, 2.75) is 32.4 Å². The third-order valence-corrected chi connectivity index (χ3v) is 7.67. The summed E-state index contributed by atoms with van der Waals surface area (Å²) < 4.78 is 9.17. The van der Waals surface area contributed by atoms with Crippen LogP contribution in [0, 0.1) is 6.92 Å². The number of alkyl halides is 1. The molecule has 0 saturated carbocycles. The zero-order chi connectivity index (χ0) is 27.7. The number of halogens is 1. The van der Waals surface area contributed by atoms with Crippen LogP contribution in [-0.2, 0) is 16.1 Å². The molecule has 5 rings (SSSR count). The molecule has 4 aromatic rings. The summed E-state index contributed by atoms with van der Waals surface area (Å²) in [5, 5.41) is 19.2. The predicted octanol–water partition coefficient (Wildman–Crippen LogP) is 2.36. The summed E-state index contributed by atoms with van der Waals surface area (Å²) in [7, 11) is 1.68. The molecule has 0 spiro atoms. The number of piperidine rings is 1. The first-order valence-corrected chi connectivity index (χ1v) is 13.4. The molecule has 10 nitrogen and oxygen atoms in total. The number of nitrogens with zero attached hydrogens (tertiary/aromatic N) is 6. The van der Waals surface area contributed by atoms with E-state index in [4.69, 9.17) is 27.2 Å². The van der Waals surface area contributed by atoms with Gasteiger partial charge in [-0.05, 0) is 43.5 Å². The van der Waals surface area contributed by atoms with Crippen LogP contribution in [-0.4, -0.2) is 73.3 Å². The van der Waals surface area contributed by atoms with Gasteiger partial charge in [0.05, 0.1) is 30.1 Å². The van der Waals surface area contributed by atoms with Gasteiger partial charge in [0, 0.05) is 59.7 Å². The number of likely N-dealkylation sites (tertiary alicyclic amines) is 1. The molecule has 0 bridgehead atoms. The number of aromatic nitrogens is 6. The Balaban J connectivity index is 1.65. The van der Waals surface area contributed by atoms with E-state index >= 15 is 0 Å². The van der Waals surface area contributed by atoms with Crippen molar-refractivity contribution < 1.29 is 9.53 Å². The fourth-order valence-corrected chi connectivity index (χ4v) is 5.68. The number of anilines is 1. The minimum Gasteiger partial charge on any atom is -0.383 e. The molecule has 1 saturated heterocycles. The van der Waals surface area contributed by atoms with E-state index in [0.717, 1.165) is 51.8 Å². The number of methoxy groups -OCH3 is 1. The smallest absolute Gasteiger partial charge is 0.245 e. The monoisotopic (exact) mass is 548 g/mol. The fourth-order valence-electron chi connectivity index (χ4n) is 5.41. The Kier molecular flexibility index (Phi) is 7.58. The summed E-state index contributed by atoms with van der Waals surface area (Å²) in [6.45, 7) is 12.3. The molecular formula is C28H33ClN8O2. The lowest BCUT2D eigenvalue weighted by Gasteiger charge is -2.32. The highest BCUT2D eigenvalue weighted by atomic mass is 35.5. The molecule has 11 heteroatoms. The van der Waals surface area contributed by atoms with Gasteiger partial charge in [0.15, 0.2) is 5.82 Å². The summed E-state index contributed by atoms with van der Waals surface area (Å²) in [5.74, 6) is 0.511. The van der Waals surface area contributed by atoms with Gasteiger partial charge in [0.1, 0.15) is 5.69 Å². The second-order valence-corrected chi connectivity index (χ2v) is 10.0. The molecule has 39 heavy (non-hydrogen) atoms. The number of nitrogens with two attached hydrogens (primary N) is 1. The average molecular weight is 549 g/mol. The number of benzene rings is 1. The van der Waals surface area contributed by atoms with Crippen molar-refractivity contribution in [3.63, 3.8) is 0 Å². The number of carbonyl (C=O) groups excluding carboxylic acids is 1. The Bertz CT molecular complexity index is 1640. The molecule has 1 amide bonds. The maximum Gasteiger partial charge on any atom is 0.245 e. The summed E-state index contributed by atoms with van der Waals surface area (Å²) in [5.41, 5.74) is 11.6. The fraction of sp³-hybridized carbons (Fsp3) is 0.357. The SMILES string of the molecule is C=CC(=O)N1CCC(n2nc(-c3ccc4nn(CCOC)cc4c3)c(/C(CCl)=c3\c(N)n[nH]c3=C)c2C)CC1. The van der Waals surface area contributed by atoms with Crippen LogP contribution in [0.15, 0.2) is 37.1 Å². The van der Waals surface area contributed by atoms with Crippen molar-refractivity contribution in [2.75, 3.05) is 38.4 Å². The van der Waals surface area contributed by atoms with E-state index in [2.05, 4.69) is 46.1 Å². The van der Waals surface area contributed by atoms with Gasteiger partial charge in [0.25, 0.3) is 0 Å². The summed E-state index contributed by atoms with van der Waals surface area (Å²) in [6, 6.07) is 6.27. The number of ether oxygens (including phenoxy) is 1. The number of hydrogen-bond acceptors (Lipinski definition) is 6. The maximum atomic E-state index is 12.1. The lowest BCUT2D eigenvalue weighted by Crippen LogP contribution is -2.38. The highest BCUT2D eigenvalue weighted by molar-refractivity contribution is 6.23. The van der Waals surface area contributed by atoms with Crippen LogP contribution in [0.2, 0.25) is 0 Å². The largest absolute Gasteiger partial charge is 0.383 e. The highest BCUT2D eigenvalue weighted by Crippen LogP contribution is 2.35. The Morgan fingerprint density at radius 3 is 2.72 bits per heavy atom. The van der Waals surface area contributed by atoms with Gasteiger partial charge in [-0.3, -0.25) is 19.3 Å². The number of amides is 1. The highest BCUT2D eigenvalue weighted by Gasteiger charge is 2.28. The van der Waals surface area contributed by atoms with Crippen LogP contribution in [0.1, 0.15) is 30.1 Å². The van der Waals surface area contributed by atoms with Crippen LogP contribution in [0.3, 0.4) is 0 Å². The van der Waals surface area contributed by atoms with Gasteiger partial charge >= 0.3 is 0 Å². The molecule has 3 aromatic heterocycles. The first-order chi connectivity index (χ1) is 18.9. The minimum atomic E-state index is -0.0393. The lowest BCUT2D eigenvalue weighted by atomic mass is 9.97. The van der Waals surface area contributed by atoms with E-state index < -0.39 is 0 Å². The van der Waals surface area contributed by atoms with Crippen molar-refractivity contribution in [1.82, 2.24) is 34.7 Å². The molecule has 1 aromatic carbocycles. The number of hydrogen-bond donors (Lipinski definition) is 2. The Labute approximate surface area is 231 Å². The van der Waals surface area contributed by atoms with Crippen LogP contribution in [0.25, 0.3) is 34.3 Å². The molecule has 1 fully saturated rings.